The Morgan fingerprint density at radius 3 is 2.73 bits per heavy atom. The Balaban J connectivity index is 1.28. The summed E-state index contributed by atoms with van der Waals surface area (Å²) in [5.41, 5.74) is 0.607. The number of nitrogens with zero attached hydrogens (tertiary/aromatic N) is 2. The molecule has 0 N–H and O–H groups in total. The van der Waals surface area contributed by atoms with Crippen molar-refractivity contribution in [2.45, 2.75) is 26.3 Å². The number of Topliss-reactive ketones (excluding diaryl/α,β-unsaturated/α-hetero) is 1. The number of fused-ring (bicyclic) bond motifs is 1. The Labute approximate surface area is 235 Å². The van der Waals surface area contributed by atoms with E-state index < -0.39 is 18.2 Å². The summed E-state index contributed by atoms with van der Waals surface area (Å²) < 4.78 is 35.7. The van der Waals surface area contributed by atoms with Gasteiger partial charge in [-0.2, -0.15) is 0 Å². The number of anilines is 1. The molecule has 3 heterocycles. The van der Waals surface area contributed by atoms with Gasteiger partial charge in [-0.15, -0.1) is 0 Å². The fourth-order valence-electron chi connectivity index (χ4n) is 4.84. The van der Waals surface area contributed by atoms with Crippen LogP contribution in [0.3, 0.4) is 0 Å². The highest BCUT2D eigenvalue weighted by atomic mass is 19.1. The first-order chi connectivity index (χ1) is 19.8. The zero-order valence-corrected chi connectivity index (χ0v) is 22.5. The number of rotatable bonds is 9. The van der Waals surface area contributed by atoms with E-state index in [0.717, 1.165) is 0 Å². The molecule has 2 aromatic carbocycles. The van der Waals surface area contributed by atoms with Crippen LogP contribution >= 0.6 is 0 Å². The maximum atomic E-state index is 13.9. The van der Waals surface area contributed by atoms with E-state index >= 15 is 0 Å². The highest BCUT2D eigenvalue weighted by Gasteiger charge is 2.32. The monoisotopic (exact) mass is 564 g/mol. The molecule has 0 spiro atoms. The zero-order chi connectivity index (χ0) is 28.9. The van der Waals surface area contributed by atoms with Gasteiger partial charge in [-0.05, 0) is 62.2 Å². The highest BCUT2D eigenvalue weighted by molar-refractivity contribution is 6.02. The van der Waals surface area contributed by atoms with Crippen LogP contribution in [0.5, 0.6) is 11.5 Å². The summed E-state index contributed by atoms with van der Waals surface area (Å²) in [6.07, 6.45) is 1.33. The SMILES string of the molecule is CCOC(=O)[C@H]1CCCN(C(=O)c2ccc(CN3C(=O)COc4ccc(C(=O)COc5ccccc5F)cc43)o2)C1. The second kappa shape index (κ2) is 12.2. The molecule has 1 atom stereocenters. The van der Waals surface area contributed by atoms with Crippen molar-refractivity contribution < 1.29 is 42.2 Å². The number of hydrogen-bond acceptors (Lipinski definition) is 8. The van der Waals surface area contributed by atoms with Gasteiger partial charge >= 0.3 is 5.97 Å². The molecular weight excluding hydrogens is 535 g/mol. The third kappa shape index (κ3) is 6.24. The number of hydrogen-bond donors (Lipinski definition) is 0. The number of ether oxygens (including phenoxy) is 3. The van der Waals surface area contributed by atoms with Crippen molar-refractivity contribution >= 4 is 29.3 Å². The number of benzene rings is 2. The molecule has 1 aromatic heterocycles. The van der Waals surface area contributed by atoms with Crippen LogP contribution < -0.4 is 14.4 Å². The first kappa shape index (κ1) is 27.9. The number of carbonyl (C=O) groups excluding carboxylic acids is 4. The lowest BCUT2D eigenvalue weighted by molar-refractivity contribution is -0.149. The van der Waals surface area contributed by atoms with Gasteiger partial charge in [0.15, 0.2) is 36.3 Å². The van der Waals surface area contributed by atoms with Crippen LogP contribution in [0.1, 0.15) is 46.4 Å². The van der Waals surface area contributed by atoms with E-state index in [4.69, 9.17) is 18.6 Å². The fraction of sp³-hybridized carbons (Fsp3) is 0.333. The summed E-state index contributed by atoms with van der Waals surface area (Å²) in [6.45, 7) is 2.17. The minimum absolute atomic E-state index is 0.00268. The lowest BCUT2D eigenvalue weighted by Gasteiger charge is -2.31. The highest BCUT2D eigenvalue weighted by Crippen LogP contribution is 2.34. The predicted molar refractivity (Wildman–Crippen MR) is 143 cm³/mol. The van der Waals surface area contributed by atoms with E-state index in [9.17, 15) is 23.6 Å². The van der Waals surface area contributed by atoms with Crippen LogP contribution in [-0.2, 0) is 20.9 Å². The Hall–Kier alpha value is -4.67. The Morgan fingerprint density at radius 2 is 1.93 bits per heavy atom. The van der Waals surface area contributed by atoms with E-state index in [-0.39, 0.29) is 67.1 Å². The molecule has 0 saturated carbocycles. The molecule has 0 radical (unpaired) electrons. The molecule has 11 heteroatoms. The predicted octanol–water partition coefficient (Wildman–Crippen LogP) is 4.02. The third-order valence-corrected chi connectivity index (χ3v) is 6.93. The maximum Gasteiger partial charge on any atom is 0.310 e. The van der Waals surface area contributed by atoms with Crippen molar-refractivity contribution in [3.05, 3.63) is 77.5 Å². The number of carbonyl (C=O) groups is 4. The molecule has 2 amide bonds. The largest absolute Gasteiger partial charge is 0.482 e. The molecule has 3 aromatic rings. The van der Waals surface area contributed by atoms with E-state index in [1.807, 2.05) is 0 Å². The number of furan rings is 1. The van der Waals surface area contributed by atoms with Gasteiger partial charge in [0.2, 0.25) is 0 Å². The van der Waals surface area contributed by atoms with E-state index in [0.29, 0.717) is 36.6 Å². The van der Waals surface area contributed by atoms with Crippen LogP contribution in [0.4, 0.5) is 10.1 Å². The first-order valence-corrected chi connectivity index (χ1v) is 13.4. The fourth-order valence-corrected chi connectivity index (χ4v) is 4.84. The van der Waals surface area contributed by atoms with Crippen molar-refractivity contribution in [2.75, 3.05) is 37.8 Å². The summed E-state index contributed by atoms with van der Waals surface area (Å²) in [4.78, 5) is 53.9. The van der Waals surface area contributed by atoms with Crippen molar-refractivity contribution in [2.24, 2.45) is 5.92 Å². The summed E-state index contributed by atoms with van der Waals surface area (Å²) in [5.74, 6) is -1.57. The number of ketones is 1. The van der Waals surface area contributed by atoms with Gasteiger partial charge in [0.05, 0.1) is 24.8 Å². The average Bonchev–Trinajstić information content (AvgIpc) is 3.46. The lowest BCUT2D eigenvalue weighted by Crippen LogP contribution is -2.42. The Bertz CT molecular complexity index is 1470. The van der Waals surface area contributed by atoms with Crippen LogP contribution in [0, 0.1) is 11.7 Å². The summed E-state index contributed by atoms with van der Waals surface area (Å²) in [6, 6.07) is 13.6. The van der Waals surface area contributed by atoms with Gasteiger partial charge in [0, 0.05) is 18.7 Å². The van der Waals surface area contributed by atoms with E-state index in [1.54, 1.807) is 36.1 Å². The summed E-state index contributed by atoms with van der Waals surface area (Å²) in [7, 11) is 0. The van der Waals surface area contributed by atoms with Gasteiger partial charge < -0.3 is 23.5 Å². The van der Waals surface area contributed by atoms with Crippen LogP contribution in [0.2, 0.25) is 0 Å². The minimum Gasteiger partial charge on any atom is -0.482 e. The summed E-state index contributed by atoms with van der Waals surface area (Å²) in [5, 5.41) is 0. The van der Waals surface area contributed by atoms with Crippen LogP contribution in [-0.4, -0.2) is 61.4 Å². The number of amides is 2. The standard InChI is InChI=1S/C30H29FN2O8/c1-2-38-30(37)20-6-5-13-32(15-20)29(36)27-12-10-21(41-27)16-33-23-14-19(9-11-26(23)40-18-28(33)35)24(34)17-39-25-8-4-3-7-22(25)31/h3-4,7-12,14,20H,2,5-6,13,15-18H2,1H3/t20-/m0/s1. The van der Waals surface area contributed by atoms with Crippen LogP contribution in [0.25, 0.3) is 0 Å². The van der Waals surface area contributed by atoms with E-state index in [2.05, 4.69) is 0 Å². The first-order valence-electron chi connectivity index (χ1n) is 13.4. The maximum absolute atomic E-state index is 13.9. The van der Waals surface area contributed by atoms with Crippen molar-refractivity contribution in [3.8, 4) is 11.5 Å². The molecule has 10 nitrogen and oxygen atoms in total. The van der Waals surface area contributed by atoms with Crippen molar-refractivity contribution in [1.29, 1.82) is 0 Å². The van der Waals surface area contributed by atoms with Crippen molar-refractivity contribution in [1.82, 2.24) is 4.90 Å². The number of para-hydroxylation sites is 1. The zero-order valence-electron chi connectivity index (χ0n) is 22.5. The summed E-state index contributed by atoms with van der Waals surface area (Å²) >= 11 is 0. The quantitative estimate of drug-likeness (QED) is 0.283. The number of esters is 1. The molecule has 5 rings (SSSR count). The van der Waals surface area contributed by atoms with Gasteiger partial charge in [-0.3, -0.25) is 24.1 Å². The molecule has 41 heavy (non-hydrogen) atoms. The minimum atomic E-state index is -0.577. The molecular formula is C30H29FN2O8. The molecule has 214 valence electrons. The van der Waals surface area contributed by atoms with Gasteiger partial charge in [0.25, 0.3) is 11.8 Å². The molecule has 1 saturated heterocycles. The van der Waals surface area contributed by atoms with Gasteiger partial charge in [0.1, 0.15) is 11.5 Å². The second-order valence-corrected chi connectivity index (χ2v) is 9.70. The average molecular weight is 565 g/mol. The molecule has 1 fully saturated rings. The Kier molecular flexibility index (Phi) is 8.32. The van der Waals surface area contributed by atoms with Gasteiger partial charge in [-0.1, -0.05) is 12.1 Å². The normalized spacial score (nSPS) is 16.5. The number of halogens is 1. The molecule has 2 aliphatic heterocycles. The topological polar surface area (TPSA) is 116 Å². The second-order valence-electron chi connectivity index (χ2n) is 9.70. The molecule has 2 aliphatic rings. The molecule has 0 aliphatic carbocycles. The van der Waals surface area contributed by atoms with Crippen LogP contribution in [0.15, 0.2) is 59.0 Å². The smallest absolute Gasteiger partial charge is 0.310 e. The third-order valence-electron chi connectivity index (χ3n) is 6.93. The molecule has 0 bridgehead atoms. The lowest BCUT2D eigenvalue weighted by atomic mass is 9.98. The Morgan fingerprint density at radius 1 is 1.10 bits per heavy atom. The number of likely N-dealkylation sites (tertiary alicyclic amines) is 1. The van der Waals surface area contributed by atoms with Gasteiger partial charge in [-0.25, -0.2) is 4.39 Å². The molecule has 0 unspecified atom stereocenters. The number of piperidine rings is 1. The van der Waals surface area contributed by atoms with Crippen molar-refractivity contribution in [3.63, 3.8) is 0 Å². The van der Waals surface area contributed by atoms with E-state index in [1.165, 1.54) is 35.2 Å².